The van der Waals surface area contributed by atoms with Gasteiger partial charge in [-0.2, -0.15) is 0 Å². The van der Waals surface area contributed by atoms with Crippen LogP contribution in [0.15, 0.2) is 78.9 Å². The van der Waals surface area contributed by atoms with Crippen LogP contribution < -0.4 is 9.67 Å². The molecule has 1 atom stereocenters. The smallest absolute Gasteiger partial charge is 0.258 e. The minimum atomic E-state index is -4.76. The molecule has 156 valence electrons. The molecule has 0 saturated carbocycles. The van der Waals surface area contributed by atoms with E-state index >= 15 is 0 Å². The van der Waals surface area contributed by atoms with Crippen molar-refractivity contribution in [3.05, 3.63) is 89.0 Å². The summed E-state index contributed by atoms with van der Waals surface area (Å²) in [6.45, 7) is 1.35. The van der Waals surface area contributed by atoms with Gasteiger partial charge in [0.15, 0.2) is 0 Å². The molecule has 30 heavy (non-hydrogen) atoms. The van der Waals surface area contributed by atoms with Crippen molar-refractivity contribution in [2.24, 2.45) is 0 Å². The average Bonchev–Trinajstić information content (AvgIpc) is 2.75. The maximum absolute atomic E-state index is 11.2. The van der Waals surface area contributed by atoms with Gasteiger partial charge in [0, 0.05) is 12.1 Å². The van der Waals surface area contributed by atoms with Crippen molar-refractivity contribution in [3.8, 4) is 11.1 Å². The van der Waals surface area contributed by atoms with Crippen LogP contribution in [0.5, 0.6) is 0 Å². The standard InChI is InChI=1S/C12H9NO2.C8H10AsNO5/c14-13(15)12-8-4-7-11(9-12)10-5-2-1-3-6-10;1-6(11)10-8-4-2-7(3-5-8)9(12,13)15-14/h1-9H;2-5,14H,1H3,(H,10,11)(H,12,13). The van der Waals surface area contributed by atoms with Crippen LogP contribution in [-0.2, 0) is 12.4 Å². The number of carbonyl (C=O) groups excluding carboxylic acids is 1. The number of nitro groups is 1. The average molecular weight is 474 g/mol. The van der Waals surface area contributed by atoms with E-state index in [2.05, 4.69) is 9.19 Å². The molecule has 0 bridgehead atoms. The summed E-state index contributed by atoms with van der Waals surface area (Å²) in [7, 11) is 0. The Morgan fingerprint density at radius 2 is 1.60 bits per heavy atom. The quantitative estimate of drug-likeness (QED) is 0.224. The zero-order valence-electron chi connectivity index (χ0n) is 15.8. The molecule has 0 aliphatic heterocycles. The molecule has 10 heteroatoms. The normalized spacial score (nSPS) is 12.1. The number of non-ortho nitro benzene ring substituents is 1. The molecule has 9 nitrogen and oxygen atoms in total. The molecular weight excluding hydrogens is 455 g/mol. The summed E-state index contributed by atoms with van der Waals surface area (Å²) in [6.07, 6.45) is 0. The minimum absolute atomic E-state index is 0.00438. The summed E-state index contributed by atoms with van der Waals surface area (Å²) in [6, 6.07) is 21.7. The molecule has 0 saturated heterocycles. The second kappa shape index (κ2) is 10.5. The number of rotatable bonds is 5. The second-order valence-corrected chi connectivity index (χ2v) is 9.61. The Morgan fingerprint density at radius 3 is 2.13 bits per heavy atom. The number of benzene rings is 3. The number of nitro benzene ring substituents is 1. The molecule has 0 fully saturated rings. The van der Waals surface area contributed by atoms with E-state index in [1.54, 1.807) is 12.1 Å². The maximum atomic E-state index is 11.2. The number of carbonyl (C=O) groups is 1. The summed E-state index contributed by atoms with van der Waals surface area (Å²) in [4.78, 5) is 20.9. The molecule has 0 spiro atoms. The van der Waals surface area contributed by atoms with E-state index in [1.165, 1.54) is 37.3 Å². The first-order chi connectivity index (χ1) is 14.2. The molecule has 3 aromatic carbocycles. The van der Waals surface area contributed by atoms with Gasteiger partial charge in [0.05, 0.1) is 4.92 Å². The molecule has 0 aliphatic carbocycles. The summed E-state index contributed by atoms with van der Waals surface area (Å²) in [5, 5.41) is 21.3. The van der Waals surface area contributed by atoms with Crippen molar-refractivity contribution in [1.82, 2.24) is 0 Å². The zero-order chi connectivity index (χ0) is 22.1. The Hall–Kier alpha value is -3.23. The van der Waals surface area contributed by atoms with Gasteiger partial charge in [0.2, 0.25) is 0 Å². The minimum Gasteiger partial charge on any atom is -0.258 e. The molecule has 3 rings (SSSR count). The van der Waals surface area contributed by atoms with E-state index in [0.29, 0.717) is 5.69 Å². The fraction of sp³-hybridized carbons (Fsp3) is 0.0500. The van der Waals surface area contributed by atoms with Crippen LogP contribution in [-0.4, -0.2) is 34.4 Å². The Kier molecular flexibility index (Phi) is 8.08. The van der Waals surface area contributed by atoms with Crippen molar-refractivity contribution >= 4 is 35.8 Å². The van der Waals surface area contributed by atoms with Crippen LogP contribution in [0.4, 0.5) is 11.4 Å². The van der Waals surface area contributed by atoms with Crippen LogP contribution in [0, 0.1) is 10.1 Å². The van der Waals surface area contributed by atoms with E-state index in [0.717, 1.165) is 11.1 Å². The fourth-order valence-electron chi connectivity index (χ4n) is 2.41. The Bertz CT molecular complexity index is 1060. The van der Waals surface area contributed by atoms with Crippen molar-refractivity contribution in [1.29, 1.82) is 0 Å². The third-order valence-corrected chi connectivity index (χ3v) is 6.25. The predicted octanol–water partition coefficient (Wildman–Crippen LogP) is 2.97. The topological polar surface area (TPSA) is 139 Å². The first-order valence-corrected chi connectivity index (χ1v) is 11.9. The summed E-state index contributed by atoms with van der Waals surface area (Å²) in [5.74, 6) is -0.237. The van der Waals surface area contributed by atoms with Gasteiger partial charge < -0.3 is 0 Å². The number of anilines is 1. The number of nitrogens with one attached hydrogen (secondary N) is 1. The van der Waals surface area contributed by atoms with Gasteiger partial charge in [-0.15, -0.1) is 0 Å². The molecule has 0 aliphatic rings. The van der Waals surface area contributed by atoms with Crippen LogP contribution >= 0.6 is 0 Å². The van der Waals surface area contributed by atoms with Gasteiger partial charge in [-0.25, -0.2) is 0 Å². The number of hydrogen-bond acceptors (Lipinski definition) is 6. The monoisotopic (exact) mass is 474 g/mol. The molecule has 0 aromatic heterocycles. The zero-order valence-corrected chi connectivity index (χ0v) is 17.7. The summed E-state index contributed by atoms with van der Waals surface area (Å²) in [5.41, 5.74) is 2.47. The predicted molar refractivity (Wildman–Crippen MR) is 111 cm³/mol. The van der Waals surface area contributed by atoms with Crippen LogP contribution in [0.3, 0.4) is 0 Å². The van der Waals surface area contributed by atoms with Crippen molar-refractivity contribution in [3.63, 3.8) is 0 Å². The van der Waals surface area contributed by atoms with Gasteiger partial charge in [-0.3, -0.25) is 10.1 Å². The van der Waals surface area contributed by atoms with Crippen molar-refractivity contribution < 1.29 is 26.7 Å². The number of nitrogens with zero attached hydrogens (tertiary/aromatic N) is 1. The van der Waals surface area contributed by atoms with Crippen LogP contribution in [0.2, 0.25) is 0 Å². The summed E-state index contributed by atoms with van der Waals surface area (Å²) < 4.78 is 23.8. The molecule has 0 radical (unpaired) electrons. The first-order valence-electron chi connectivity index (χ1n) is 8.57. The number of hydrogen-bond donors (Lipinski definition) is 3. The number of amides is 1. The van der Waals surface area contributed by atoms with Gasteiger partial charge in [0.1, 0.15) is 0 Å². The molecule has 0 heterocycles. The van der Waals surface area contributed by atoms with Crippen LogP contribution in [0.25, 0.3) is 11.1 Å². The van der Waals surface area contributed by atoms with Crippen molar-refractivity contribution in [2.45, 2.75) is 6.92 Å². The summed E-state index contributed by atoms with van der Waals surface area (Å²) >= 11 is -4.76. The second-order valence-electron chi connectivity index (χ2n) is 6.00. The van der Waals surface area contributed by atoms with E-state index in [9.17, 15) is 18.6 Å². The Labute approximate surface area is 175 Å². The molecule has 3 N–H and O–H groups in total. The molecular formula is C20H19AsN2O7. The molecule has 1 amide bonds. The third kappa shape index (κ3) is 6.68. The van der Waals surface area contributed by atoms with Gasteiger partial charge in [-0.05, 0) is 11.1 Å². The largest absolute Gasteiger partial charge is 0.270 e. The van der Waals surface area contributed by atoms with Gasteiger partial charge in [0.25, 0.3) is 5.69 Å². The van der Waals surface area contributed by atoms with Crippen LogP contribution in [0.1, 0.15) is 6.92 Å². The Morgan fingerprint density at radius 1 is 1.00 bits per heavy atom. The van der Waals surface area contributed by atoms with E-state index in [-0.39, 0.29) is 20.9 Å². The Balaban J connectivity index is 0.000000214. The molecule has 3 aromatic rings. The third-order valence-electron chi connectivity index (χ3n) is 3.79. The van der Waals surface area contributed by atoms with E-state index in [4.69, 9.17) is 9.35 Å². The van der Waals surface area contributed by atoms with Gasteiger partial charge >= 0.3 is 88.4 Å². The van der Waals surface area contributed by atoms with Crippen molar-refractivity contribution in [2.75, 3.05) is 5.32 Å². The SMILES string of the molecule is CC(=O)Nc1ccc([As](=O)(O)OO)cc1.O=[N+]([O-])c1cccc(-c2ccccc2)c1. The fourth-order valence-corrected chi connectivity index (χ4v) is 3.71. The first kappa shape index (κ1) is 23.1. The van der Waals surface area contributed by atoms with E-state index < -0.39 is 14.2 Å². The van der Waals surface area contributed by atoms with E-state index in [1.807, 2.05) is 36.4 Å². The molecule has 1 unspecified atom stereocenters. The maximum Gasteiger partial charge on any atom is 0.270 e. The van der Waals surface area contributed by atoms with Gasteiger partial charge in [-0.1, -0.05) is 42.5 Å².